The van der Waals surface area contributed by atoms with Crippen molar-refractivity contribution in [2.45, 2.75) is 42.3 Å². The molecule has 0 aromatic heterocycles. The zero-order valence-electron chi connectivity index (χ0n) is 7.60. The Labute approximate surface area is 83.4 Å². The number of thioether (sulfide) groups is 1. The summed E-state index contributed by atoms with van der Waals surface area (Å²) in [6, 6.07) is 0. The molecule has 0 amide bonds. The molecule has 2 saturated heterocycles. The highest BCUT2D eigenvalue weighted by atomic mass is 32.2. The van der Waals surface area contributed by atoms with Crippen LogP contribution in [0.4, 0.5) is 0 Å². The highest BCUT2D eigenvalue weighted by Crippen LogP contribution is 2.44. The Morgan fingerprint density at radius 2 is 1.77 bits per heavy atom. The molecule has 2 fully saturated rings. The van der Waals surface area contributed by atoms with Gasteiger partial charge in [0.15, 0.2) is 0 Å². The predicted molar refractivity (Wildman–Crippen MR) is 53.4 cm³/mol. The van der Waals surface area contributed by atoms with E-state index in [1.165, 1.54) is 12.8 Å². The van der Waals surface area contributed by atoms with E-state index in [0.29, 0.717) is 10.5 Å². The van der Waals surface area contributed by atoms with E-state index in [2.05, 4.69) is 0 Å². The molecular weight excluding hydrogens is 208 g/mol. The molecule has 2 aliphatic rings. The van der Waals surface area contributed by atoms with E-state index in [9.17, 15) is 8.42 Å². The van der Waals surface area contributed by atoms with Gasteiger partial charge in [0, 0.05) is 10.5 Å². The Kier molecular flexibility index (Phi) is 2.59. The van der Waals surface area contributed by atoms with Gasteiger partial charge in [0.2, 0.25) is 0 Å². The van der Waals surface area contributed by atoms with E-state index >= 15 is 0 Å². The van der Waals surface area contributed by atoms with E-state index < -0.39 is 10.1 Å². The van der Waals surface area contributed by atoms with Crippen molar-refractivity contribution in [1.29, 1.82) is 0 Å². The van der Waals surface area contributed by atoms with Gasteiger partial charge in [-0.15, -0.1) is 0 Å². The average molecular weight is 222 g/mol. The van der Waals surface area contributed by atoms with Crippen LogP contribution in [0.2, 0.25) is 0 Å². The summed E-state index contributed by atoms with van der Waals surface area (Å²) < 4.78 is 26.8. The van der Waals surface area contributed by atoms with Gasteiger partial charge < -0.3 is 0 Å². The summed E-state index contributed by atoms with van der Waals surface area (Å²) >= 11 is 2.01. The summed E-state index contributed by atoms with van der Waals surface area (Å²) in [6.45, 7) is 0. The van der Waals surface area contributed by atoms with Crippen molar-refractivity contribution in [3.8, 4) is 0 Å². The largest absolute Gasteiger partial charge is 0.267 e. The normalized spacial score (nSPS) is 39.3. The van der Waals surface area contributed by atoms with Crippen LogP contribution in [0, 0.1) is 0 Å². The van der Waals surface area contributed by atoms with Gasteiger partial charge in [-0.25, -0.2) is 0 Å². The lowest BCUT2D eigenvalue weighted by Crippen LogP contribution is -2.26. The van der Waals surface area contributed by atoms with E-state index in [-0.39, 0.29) is 6.10 Å². The van der Waals surface area contributed by atoms with Crippen LogP contribution in [0.5, 0.6) is 0 Å². The Morgan fingerprint density at radius 1 is 1.23 bits per heavy atom. The molecular formula is C8H14O3S2. The molecule has 0 spiro atoms. The first-order valence-electron chi connectivity index (χ1n) is 4.56. The van der Waals surface area contributed by atoms with E-state index in [4.69, 9.17) is 4.18 Å². The maximum atomic E-state index is 10.9. The number of fused-ring (bicyclic) bond motifs is 2. The minimum Gasteiger partial charge on any atom is -0.267 e. The number of hydrogen-bond acceptors (Lipinski definition) is 4. The molecule has 0 radical (unpaired) electrons. The van der Waals surface area contributed by atoms with Gasteiger partial charge in [-0.1, -0.05) is 0 Å². The van der Waals surface area contributed by atoms with Crippen LogP contribution >= 0.6 is 11.8 Å². The molecule has 3 nitrogen and oxygen atoms in total. The minimum absolute atomic E-state index is 0.0475. The van der Waals surface area contributed by atoms with E-state index in [1.807, 2.05) is 11.8 Å². The molecule has 2 aliphatic heterocycles. The minimum atomic E-state index is -3.25. The third kappa shape index (κ3) is 2.60. The smallest absolute Gasteiger partial charge is 0.264 e. The molecule has 0 aromatic rings. The quantitative estimate of drug-likeness (QED) is 0.662. The first-order valence-corrected chi connectivity index (χ1v) is 7.32. The van der Waals surface area contributed by atoms with Crippen LogP contribution in [-0.4, -0.2) is 31.3 Å². The third-order valence-corrected chi connectivity index (χ3v) is 4.81. The van der Waals surface area contributed by atoms with Crippen LogP contribution in [-0.2, 0) is 14.3 Å². The lowest BCUT2D eigenvalue weighted by Gasteiger charge is -2.26. The van der Waals surface area contributed by atoms with Gasteiger partial charge in [0.25, 0.3) is 10.1 Å². The average Bonchev–Trinajstić information content (AvgIpc) is 2.27. The van der Waals surface area contributed by atoms with Gasteiger partial charge in [0.05, 0.1) is 12.4 Å². The van der Waals surface area contributed by atoms with Gasteiger partial charge in [-0.2, -0.15) is 20.2 Å². The van der Waals surface area contributed by atoms with Crippen molar-refractivity contribution < 1.29 is 12.6 Å². The van der Waals surface area contributed by atoms with Crippen molar-refractivity contribution in [3.63, 3.8) is 0 Å². The van der Waals surface area contributed by atoms with Crippen LogP contribution in [0.25, 0.3) is 0 Å². The van der Waals surface area contributed by atoms with Gasteiger partial charge >= 0.3 is 0 Å². The Bertz CT molecular complexity index is 274. The molecule has 2 heterocycles. The van der Waals surface area contributed by atoms with Crippen LogP contribution in [0.1, 0.15) is 25.7 Å². The fourth-order valence-corrected chi connectivity index (χ4v) is 4.53. The van der Waals surface area contributed by atoms with E-state index in [0.717, 1.165) is 19.1 Å². The molecule has 2 rings (SSSR count). The summed E-state index contributed by atoms with van der Waals surface area (Å²) in [5.41, 5.74) is 0. The zero-order chi connectivity index (χ0) is 9.47. The lowest BCUT2D eigenvalue weighted by atomic mass is 10.1. The van der Waals surface area contributed by atoms with Crippen LogP contribution in [0.15, 0.2) is 0 Å². The maximum absolute atomic E-state index is 10.9. The molecule has 2 unspecified atom stereocenters. The second kappa shape index (κ2) is 3.44. The second-order valence-corrected chi connectivity index (χ2v) is 7.06. The summed E-state index contributed by atoms with van der Waals surface area (Å²) in [4.78, 5) is 0. The number of hydrogen-bond donors (Lipinski definition) is 0. The molecule has 2 bridgehead atoms. The van der Waals surface area contributed by atoms with Crippen LogP contribution < -0.4 is 0 Å². The molecule has 0 aromatic carbocycles. The van der Waals surface area contributed by atoms with E-state index in [1.54, 1.807) is 0 Å². The maximum Gasteiger partial charge on any atom is 0.264 e. The standard InChI is InChI=1S/C8H14O3S2/c1-13(9,10)11-6-4-7-2-3-8(5-6)12-7/h6-8H,2-5H2,1H3. The highest BCUT2D eigenvalue weighted by molar-refractivity contribution is 8.00. The molecule has 0 N–H and O–H groups in total. The summed E-state index contributed by atoms with van der Waals surface area (Å²) in [5, 5.41) is 1.29. The summed E-state index contributed by atoms with van der Waals surface area (Å²) in [7, 11) is -3.25. The monoisotopic (exact) mass is 222 g/mol. The zero-order valence-corrected chi connectivity index (χ0v) is 9.23. The molecule has 5 heteroatoms. The molecule has 2 atom stereocenters. The highest BCUT2D eigenvalue weighted by Gasteiger charge is 2.36. The molecule has 0 saturated carbocycles. The first-order chi connectivity index (χ1) is 6.03. The predicted octanol–water partition coefficient (Wildman–Crippen LogP) is 1.39. The van der Waals surface area contributed by atoms with Crippen molar-refractivity contribution in [1.82, 2.24) is 0 Å². The Balaban J connectivity index is 1.96. The molecule has 0 aliphatic carbocycles. The molecule has 13 heavy (non-hydrogen) atoms. The number of rotatable bonds is 2. The molecule has 76 valence electrons. The van der Waals surface area contributed by atoms with Gasteiger partial charge in [-0.05, 0) is 25.7 Å². The van der Waals surface area contributed by atoms with Gasteiger partial charge in [-0.3, -0.25) is 4.18 Å². The van der Waals surface area contributed by atoms with Crippen molar-refractivity contribution >= 4 is 21.9 Å². The second-order valence-electron chi connectivity index (χ2n) is 3.85. The first kappa shape index (κ1) is 9.80. The fraction of sp³-hybridized carbons (Fsp3) is 1.00. The van der Waals surface area contributed by atoms with Crippen LogP contribution in [0.3, 0.4) is 0 Å². The SMILES string of the molecule is CS(=O)(=O)OC1CC2CCC(C1)S2. The third-order valence-electron chi connectivity index (χ3n) is 2.56. The Morgan fingerprint density at radius 3 is 2.23 bits per heavy atom. The topological polar surface area (TPSA) is 43.4 Å². The Hall–Kier alpha value is 0.260. The summed E-state index contributed by atoms with van der Waals surface area (Å²) in [6.07, 6.45) is 5.38. The fourth-order valence-electron chi connectivity index (χ4n) is 2.14. The lowest BCUT2D eigenvalue weighted by molar-refractivity contribution is 0.192. The summed E-state index contributed by atoms with van der Waals surface area (Å²) in [5.74, 6) is 0. The van der Waals surface area contributed by atoms with Crippen molar-refractivity contribution in [3.05, 3.63) is 0 Å². The van der Waals surface area contributed by atoms with Crippen molar-refractivity contribution in [2.24, 2.45) is 0 Å². The van der Waals surface area contributed by atoms with Gasteiger partial charge in [0.1, 0.15) is 0 Å². The van der Waals surface area contributed by atoms with Crippen molar-refractivity contribution in [2.75, 3.05) is 6.26 Å².